The number of hydrogen-bond acceptors (Lipinski definition) is 4. The van der Waals surface area contributed by atoms with E-state index in [2.05, 4.69) is 10.3 Å². The first-order chi connectivity index (χ1) is 10.5. The summed E-state index contributed by atoms with van der Waals surface area (Å²) in [6.07, 6.45) is -2.92. The van der Waals surface area contributed by atoms with Crippen molar-refractivity contribution in [3.8, 4) is 5.75 Å². The molecule has 0 aromatic carbocycles. The number of hydrogen-bond donors (Lipinski definition) is 1. The van der Waals surface area contributed by atoms with Crippen molar-refractivity contribution >= 4 is 6.09 Å². The van der Waals surface area contributed by atoms with Crippen LogP contribution in [0.1, 0.15) is 39.3 Å². The van der Waals surface area contributed by atoms with Gasteiger partial charge in [0.25, 0.3) is 0 Å². The van der Waals surface area contributed by atoms with Gasteiger partial charge in [-0.2, -0.15) is 13.2 Å². The van der Waals surface area contributed by atoms with Gasteiger partial charge in [-0.1, -0.05) is 0 Å². The third kappa shape index (κ3) is 5.30. The van der Waals surface area contributed by atoms with Crippen molar-refractivity contribution in [2.75, 3.05) is 0 Å². The molecule has 2 rings (SSSR count). The molecule has 1 saturated carbocycles. The fourth-order valence-corrected chi connectivity index (χ4v) is 2.06. The molecule has 1 amide bonds. The average Bonchev–Trinajstić information content (AvgIpc) is 2.33. The van der Waals surface area contributed by atoms with E-state index >= 15 is 0 Å². The third-order valence-corrected chi connectivity index (χ3v) is 3.15. The molecule has 0 saturated heterocycles. The maximum absolute atomic E-state index is 12.4. The predicted octanol–water partition coefficient (Wildman–Crippen LogP) is 3.53. The normalized spacial score (nSPS) is 21.3. The highest BCUT2D eigenvalue weighted by atomic mass is 19.4. The molecule has 1 aliphatic carbocycles. The molecular weight excluding hydrogens is 313 g/mol. The molecule has 0 spiro atoms. The first kappa shape index (κ1) is 17.4. The molecular formula is C15H19F3N2O3. The number of carbonyl (C=O) groups excluding carboxylic acids is 1. The monoisotopic (exact) mass is 332 g/mol. The fourth-order valence-electron chi connectivity index (χ4n) is 2.06. The molecule has 128 valence electrons. The van der Waals surface area contributed by atoms with Crippen LogP contribution in [0.25, 0.3) is 0 Å². The smallest absolute Gasteiger partial charge is 0.433 e. The summed E-state index contributed by atoms with van der Waals surface area (Å²) in [5.74, 6) is 0.277. The number of alkyl carbamates (subject to hydrolysis) is 1. The summed E-state index contributed by atoms with van der Waals surface area (Å²) in [6.45, 7) is 5.32. The Bertz CT molecular complexity index is 547. The molecule has 1 aromatic rings. The van der Waals surface area contributed by atoms with Gasteiger partial charge in [0, 0.05) is 18.9 Å². The van der Waals surface area contributed by atoms with E-state index in [9.17, 15) is 18.0 Å². The largest absolute Gasteiger partial charge is 0.489 e. The number of nitrogens with one attached hydrogen (secondary N) is 1. The summed E-state index contributed by atoms with van der Waals surface area (Å²) in [4.78, 5) is 14.9. The molecule has 8 heteroatoms. The van der Waals surface area contributed by atoms with Gasteiger partial charge in [-0.3, -0.25) is 0 Å². The maximum Gasteiger partial charge on any atom is 0.433 e. The Morgan fingerprint density at radius 3 is 2.39 bits per heavy atom. The lowest BCUT2D eigenvalue weighted by atomic mass is 9.89. The standard InChI is InChI=1S/C15H19F3N2O3/c1-14(2,3)23-13(21)20-9-6-11(7-9)22-10-4-5-12(19-8-10)15(16,17)18/h4-5,8-9,11H,6-7H2,1-3H3,(H,20,21). The van der Waals surface area contributed by atoms with Crippen LogP contribution < -0.4 is 10.1 Å². The van der Waals surface area contributed by atoms with E-state index in [1.165, 1.54) is 6.07 Å². The molecule has 0 bridgehead atoms. The lowest BCUT2D eigenvalue weighted by Gasteiger charge is -2.36. The minimum atomic E-state index is -4.46. The number of halogens is 3. The summed E-state index contributed by atoms with van der Waals surface area (Å²) in [7, 11) is 0. The summed E-state index contributed by atoms with van der Waals surface area (Å²) >= 11 is 0. The molecule has 5 nitrogen and oxygen atoms in total. The Hall–Kier alpha value is -1.99. The van der Waals surface area contributed by atoms with E-state index in [1.54, 1.807) is 20.8 Å². The second-order valence-electron chi connectivity index (χ2n) is 6.43. The van der Waals surface area contributed by atoms with Crippen molar-refractivity contribution in [3.05, 3.63) is 24.0 Å². The highest BCUT2D eigenvalue weighted by Crippen LogP contribution is 2.30. The van der Waals surface area contributed by atoms with E-state index in [-0.39, 0.29) is 17.9 Å². The summed E-state index contributed by atoms with van der Waals surface area (Å²) in [5, 5.41) is 2.71. The Kier molecular flexibility index (Phi) is 4.72. The number of pyridine rings is 1. The zero-order valence-corrected chi connectivity index (χ0v) is 13.1. The third-order valence-electron chi connectivity index (χ3n) is 3.15. The minimum Gasteiger partial charge on any atom is -0.489 e. The molecule has 23 heavy (non-hydrogen) atoms. The van der Waals surface area contributed by atoms with E-state index < -0.39 is 23.6 Å². The topological polar surface area (TPSA) is 60.5 Å². The Morgan fingerprint density at radius 2 is 1.91 bits per heavy atom. The van der Waals surface area contributed by atoms with Crippen molar-refractivity contribution in [3.63, 3.8) is 0 Å². The van der Waals surface area contributed by atoms with Crippen LogP contribution in [0, 0.1) is 0 Å². The number of aromatic nitrogens is 1. The molecule has 1 aliphatic rings. The van der Waals surface area contributed by atoms with Gasteiger partial charge in [0.1, 0.15) is 23.1 Å². The lowest BCUT2D eigenvalue weighted by Crippen LogP contribution is -2.50. The van der Waals surface area contributed by atoms with Crippen LogP contribution in [0.2, 0.25) is 0 Å². The number of ether oxygens (including phenoxy) is 2. The highest BCUT2D eigenvalue weighted by molar-refractivity contribution is 5.68. The van der Waals surface area contributed by atoms with Gasteiger partial charge in [-0.15, -0.1) is 0 Å². The fraction of sp³-hybridized carbons (Fsp3) is 0.600. The zero-order chi connectivity index (χ0) is 17.3. The second kappa shape index (κ2) is 6.25. The molecule has 1 fully saturated rings. The lowest BCUT2D eigenvalue weighted by molar-refractivity contribution is -0.141. The number of amides is 1. The number of nitrogens with zero attached hydrogens (tertiary/aromatic N) is 1. The van der Waals surface area contributed by atoms with Crippen LogP contribution in [0.3, 0.4) is 0 Å². The summed E-state index contributed by atoms with van der Waals surface area (Å²) in [5.41, 5.74) is -1.52. The quantitative estimate of drug-likeness (QED) is 0.920. The summed E-state index contributed by atoms with van der Waals surface area (Å²) < 4.78 is 47.8. The SMILES string of the molecule is CC(C)(C)OC(=O)NC1CC(Oc2ccc(C(F)(F)F)nc2)C1. The van der Waals surface area contributed by atoms with Gasteiger partial charge >= 0.3 is 12.3 Å². The van der Waals surface area contributed by atoms with Crippen LogP contribution in [0.4, 0.5) is 18.0 Å². The van der Waals surface area contributed by atoms with Crippen molar-refractivity contribution in [1.29, 1.82) is 0 Å². The highest BCUT2D eigenvalue weighted by Gasteiger charge is 2.34. The minimum absolute atomic E-state index is 0.0581. The van der Waals surface area contributed by atoms with Crippen LogP contribution in [-0.4, -0.2) is 28.8 Å². The first-order valence-corrected chi connectivity index (χ1v) is 7.22. The number of alkyl halides is 3. The molecule has 0 unspecified atom stereocenters. The van der Waals surface area contributed by atoms with Crippen molar-refractivity contribution < 1.29 is 27.4 Å². The molecule has 1 heterocycles. The maximum atomic E-state index is 12.4. The van der Waals surface area contributed by atoms with Crippen LogP contribution in [0.15, 0.2) is 18.3 Å². The van der Waals surface area contributed by atoms with E-state index in [1.807, 2.05) is 0 Å². The van der Waals surface area contributed by atoms with Crippen molar-refractivity contribution in [2.24, 2.45) is 0 Å². The van der Waals surface area contributed by atoms with Crippen LogP contribution in [-0.2, 0) is 10.9 Å². The van der Waals surface area contributed by atoms with Crippen LogP contribution in [0.5, 0.6) is 5.75 Å². The van der Waals surface area contributed by atoms with Gasteiger partial charge in [-0.05, 0) is 32.9 Å². The van der Waals surface area contributed by atoms with Gasteiger partial charge in [0.15, 0.2) is 0 Å². The van der Waals surface area contributed by atoms with Gasteiger partial charge in [0.2, 0.25) is 0 Å². The molecule has 1 aromatic heterocycles. The molecule has 0 atom stereocenters. The van der Waals surface area contributed by atoms with Crippen LogP contribution >= 0.6 is 0 Å². The van der Waals surface area contributed by atoms with E-state index in [4.69, 9.17) is 9.47 Å². The summed E-state index contributed by atoms with van der Waals surface area (Å²) in [6, 6.07) is 2.06. The van der Waals surface area contributed by atoms with Crippen molar-refractivity contribution in [2.45, 2.75) is 57.5 Å². The van der Waals surface area contributed by atoms with E-state index in [0.717, 1.165) is 12.3 Å². The number of rotatable bonds is 3. The average molecular weight is 332 g/mol. The second-order valence-corrected chi connectivity index (χ2v) is 6.43. The Labute approximate surface area is 132 Å². The van der Waals surface area contributed by atoms with Gasteiger partial charge in [-0.25, -0.2) is 9.78 Å². The predicted molar refractivity (Wildman–Crippen MR) is 76.0 cm³/mol. The molecule has 0 aliphatic heterocycles. The van der Waals surface area contributed by atoms with Gasteiger partial charge < -0.3 is 14.8 Å². The zero-order valence-electron chi connectivity index (χ0n) is 13.1. The molecule has 1 N–H and O–H groups in total. The first-order valence-electron chi connectivity index (χ1n) is 7.22. The van der Waals surface area contributed by atoms with E-state index in [0.29, 0.717) is 12.8 Å². The Morgan fingerprint density at radius 1 is 1.26 bits per heavy atom. The number of carbonyl (C=O) groups is 1. The molecule has 0 radical (unpaired) electrons. The Balaban J connectivity index is 1.75. The van der Waals surface area contributed by atoms with Crippen molar-refractivity contribution in [1.82, 2.24) is 10.3 Å². The van der Waals surface area contributed by atoms with Gasteiger partial charge in [0.05, 0.1) is 6.20 Å².